The van der Waals surface area contributed by atoms with Crippen molar-refractivity contribution in [1.29, 1.82) is 0 Å². The normalized spacial score (nSPS) is 11.5. The molecule has 4 rings (SSSR count). The first-order chi connectivity index (χ1) is 20.3. The summed E-state index contributed by atoms with van der Waals surface area (Å²) in [6, 6.07) is 26.4. The second kappa shape index (κ2) is 14.8. The van der Waals surface area contributed by atoms with Crippen molar-refractivity contribution in [3.63, 3.8) is 0 Å². The van der Waals surface area contributed by atoms with E-state index in [1.165, 1.54) is 24.3 Å². The van der Waals surface area contributed by atoms with E-state index in [0.717, 1.165) is 6.40 Å². The van der Waals surface area contributed by atoms with E-state index in [-0.39, 0.29) is 16.1 Å². The molecule has 0 fully saturated rings. The number of carbonyl (C=O) groups is 1. The van der Waals surface area contributed by atoms with Gasteiger partial charge < -0.3 is 15.5 Å². The number of nitrogens with zero attached hydrogens (tertiary/aromatic N) is 1. The molecule has 4 aromatic carbocycles. The van der Waals surface area contributed by atoms with Crippen LogP contribution in [-0.2, 0) is 24.3 Å². The number of hydrogen-bond acceptors (Lipinski definition) is 10. The third-order valence-electron chi connectivity index (χ3n) is 5.38. The van der Waals surface area contributed by atoms with E-state index in [1.54, 1.807) is 60.7 Å². The third-order valence-corrected chi connectivity index (χ3v) is 6.95. The Balaban J connectivity index is 1.51. The van der Waals surface area contributed by atoms with Crippen LogP contribution in [0.1, 0.15) is 11.1 Å². The average Bonchev–Trinajstić information content (AvgIpc) is 2.98. The molecule has 2 amide bonds. The number of hydrogen-bond donors (Lipinski definition) is 5. The number of anilines is 3. The molecule has 0 spiro atoms. The Morgan fingerprint density at radius 3 is 2.14 bits per heavy atom. The number of carbonyl (C=O) groups excluding carboxylic acids is 1. The zero-order chi connectivity index (χ0) is 29.8. The Hall–Kier alpha value is -4.70. The molecule has 0 heterocycles. The lowest BCUT2D eigenvalue weighted by molar-refractivity contribution is -0.432. The van der Waals surface area contributed by atoms with Crippen LogP contribution < -0.4 is 16.1 Å². The molecule has 0 aromatic heterocycles. The van der Waals surface area contributed by atoms with Gasteiger partial charge in [-0.05, 0) is 59.7 Å². The highest BCUT2D eigenvalue weighted by atomic mass is 32.2. The Morgan fingerprint density at radius 2 is 1.45 bits per heavy atom. The second-order valence-electron chi connectivity index (χ2n) is 8.27. The summed E-state index contributed by atoms with van der Waals surface area (Å²) in [4.78, 5) is 21.6. The van der Waals surface area contributed by atoms with E-state index in [1.807, 2.05) is 24.3 Å². The van der Waals surface area contributed by atoms with Gasteiger partial charge in [0, 0.05) is 16.3 Å². The van der Waals surface area contributed by atoms with Crippen LogP contribution in [0, 0.1) is 0 Å². The van der Waals surface area contributed by atoms with Gasteiger partial charge in [-0.15, -0.1) is 4.33 Å². The minimum Gasteiger partial charge on any atom is -0.370 e. The van der Waals surface area contributed by atoms with Crippen molar-refractivity contribution in [2.45, 2.75) is 9.79 Å². The number of urea groups is 1. The maximum Gasteiger partial charge on any atom is 0.323 e. The molecule has 0 radical (unpaired) electrons. The molecule has 0 aliphatic rings. The largest absolute Gasteiger partial charge is 0.370 e. The molecule has 14 heteroatoms. The molecule has 0 aliphatic heterocycles. The lowest BCUT2D eigenvalue weighted by Gasteiger charge is -2.10. The Labute approximate surface area is 245 Å². The van der Waals surface area contributed by atoms with E-state index in [0.29, 0.717) is 39.6 Å². The minimum atomic E-state index is -4.62. The highest BCUT2D eigenvalue weighted by Crippen LogP contribution is 2.30. The Kier molecular flexibility index (Phi) is 10.7. The van der Waals surface area contributed by atoms with Crippen molar-refractivity contribution >= 4 is 69.5 Å². The van der Waals surface area contributed by atoms with Gasteiger partial charge in [0.05, 0.1) is 23.4 Å². The van der Waals surface area contributed by atoms with Gasteiger partial charge in [-0.25, -0.2) is 20.5 Å². The molecule has 4 aromatic rings. The number of rotatable bonds is 12. The van der Waals surface area contributed by atoms with Crippen LogP contribution in [0.15, 0.2) is 112 Å². The van der Waals surface area contributed by atoms with Crippen molar-refractivity contribution in [3.8, 4) is 0 Å². The first kappa shape index (κ1) is 30.3. The summed E-state index contributed by atoms with van der Waals surface area (Å²) in [5, 5.41) is 17.7. The highest BCUT2D eigenvalue weighted by molar-refractivity contribution is 7.94. The van der Waals surface area contributed by atoms with Crippen molar-refractivity contribution in [3.05, 3.63) is 108 Å². The summed E-state index contributed by atoms with van der Waals surface area (Å²) >= 11 is 0.647. The second-order valence-corrected chi connectivity index (χ2v) is 10.4. The summed E-state index contributed by atoms with van der Waals surface area (Å²) in [5.74, 6) is 0. The topological polar surface area (TPSA) is 168 Å². The first-order valence-electron chi connectivity index (χ1n) is 12.0. The van der Waals surface area contributed by atoms with Crippen LogP contribution in [0.2, 0.25) is 0 Å². The van der Waals surface area contributed by atoms with Crippen molar-refractivity contribution in [2.75, 3.05) is 16.1 Å². The van der Waals surface area contributed by atoms with Gasteiger partial charge >= 0.3 is 6.03 Å². The lowest BCUT2D eigenvalue weighted by Crippen LogP contribution is -2.19. The van der Waals surface area contributed by atoms with Crippen molar-refractivity contribution < 1.29 is 37.2 Å². The van der Waals surface area contributed by atoms with Crippen LogP contribution >= 0.6 is 12.0 Å². The summed E-state index contributed by atoms with van der Waals surface area (Å²) in [6.07, 6.45) is 4.10. The van der Waals surface area contributed by atoms with E-state index in [4.69, 9.17) is 10.1 Å². The van der Waals surface area contributed by atoms with Gasteiger partial charge in [0.2, 0.25) is 6.40 Å². The van der Waals surface area contributed by atoms with Gasteiger partial charge in [0.25, 0.3) is 10.1 Å². The van der Waals surface area contributed by atoms with Gasteiger partial charge in [-0.2, -0.15) is 8.42 Å². The third kappa shape index (κ3) is 9.17. The zero-order valence-corrected chi connectivity index (χ0v) is 23.2. The predicted molar refractivity (Wildman–Crippen MR) is 161 cm³/mol. The van der Waals surface area contributed by atoms with Crippen LogP contribution in [-0.4, -0.2) is 30.7 Å². The summed E-state index contributed by atoms with van der Waals surface area (Å²) in [6.45, 7) is 0. The van der Waals surface area contributed by atoms with Gasteiger partial charge in [0.1, 0.15) is 4.90 Å². The number of para-hydroxylation sites is 2. The van der Waals surface area contributed by atoms with Crippen LogP contribution in [0.4, 0.5) is 27.5 Å². The maximum absolute atomic E-state index is 12.4. The van der Waals surface area contributed by atoms with Crippen LogP contribution in [0.25, 0.3) is 12.2 Å². The summed E-state index contributed by atoms with van der Waals surface area (Å²) < 4.78 is 38.7. The smallest absolute Gasteiger partial charge is 0.323 e. The molecule has 216 valence electrons. The quantitative estimate of drug-likeness (QED) is 0.0217. The fraction of sp³-hybridized carbons (Fsp3) is 0. The molecular formula is C28H24N4O8S2. The molecule has 0 saturated heterocycles. The molecule has 0 aliphatic carbocycles. The fourth-order valence-electron chi connectivity index (χ4n) is 3.52. The molecule has 0 atom stereocenters. The highest BCUT2D eigenvalue weighted by Gasteiger charge is 2.15. The summed E-state index contributed by atoms with van der Waals surface area (Å²) in [5.41, 5.74) is 5.24. The van der Waals surface area contributed by atoms with Crippen molar-refractivity contribution in [1.82, 2.24) is 0 Å². The molecule has 0 unspecified atom stereocenters. The standard InChI is InChI=1S/C28H24N4O8S2/c33-28(30-22-7-3-1-4-8-22)31-25-16-13-20(26(17-25)41-40-39-34)11-12-21-14-15-24(18-27(21)42(35,36)37)29-19-38-32-23-9-5-2-6-10-23/h1-19,32,34H,(H2,30,31,33)(H,35,36,37). The van der Waals surface area contributed by atoms with E-state index in [2.05, 4.69) is 30.5 Å². The van der Waals surface area contributed by atoms with Gasteiger partial charge in [0.15, 0.2) is 0 Å². The molecular weight excluding hydrogens is 584 g/mol. The molecule has 5 N–H and O–H groups in total. The first-order valence-corrected chi connectivity index (χ1v) is 14.2. The van der Waals surface area contributed by atoms with Gasteiger partial charge in [-0.3, -0.25) is 4.55 Å². The zero-order valence-electron chi connectivity index (χ0n) is 21.6. The van der Waals surface area contributed by atoms with Crippen LogP contribution in [0.5, 0.6) is 0 Å². The Bertz CT molecular complexity index is 1670. The van der Waals surface area contributed by atoms with Crippen LogP contribution in [0.3, 0.4) is 0 Å². The Morgan fingerprint density at radius 1 is 0.810 bits per heavy atom. The van der Waals surface area contributed by atoms with Gasteiger partial charge in [-0.1, -0.05) is 65.7 Å². The number of amides is 2. The molecule has 42 heavy (non-hydrogen) atoms. The number of benzene rings is 4. The number of nitrogens with one attached hydrogen (secondary N) is 3. The fourth-order valence-corrected chi connectivity index (χ4v) is 4.74. The predicted octanol–water partition coefficient (Wildman–Crippen LogP) is 6.88. The van der Waals surface area contributed by atoms with E-state index < -0.39 is 16.1 Å². The SMILES string of the molecule is O=C(Nc1ccccc1)Nc1ccc(C=Cc2ccc(N=CONc3ccccc3)cc2S(=O)(=O)O)c(SOOO)c1. The average molecular weight is 609 g/mol. The molecule has 0 saturated carbocycles. The van der Waals surface area contributed by atoms with E-state index >= 15 is 0 Å². The number of aliphatic imine (C=N–C) groups is 1. The van der Waals surface area contributed by atoms with Crippen molar-refractivity contribution in [2.24, 2.45) is 4.99 Å². The van der Waals surface area contributed by atoms with E-state index in [9.17, 15) is 17.8 Å². The lowest BCUT2D eigenvalue weighted by atomic mass is 10.1. The maximum atomic E-state index is 12.4. The summed E-state index contributed by atoms with van der Waals surface area (Å²) in [7, 11) is -4.62. The minimum absolute atomic E-state index is 0.166. The molecule has 12 nitrogen and oxygen atoms in total. The molecule has 0 bridgehead atoms. The monoisotopic (exact) mass is 608 g/mol.